The van der Waals surface area contributed by atoms with E-state index >= 15 is 0 Å². The van der Waals surface area contributed by atoms with Crippen LogP contribution in [0.15, 0.2) is 47.5 Å². The standard InChI is InChI=1S/C17H12ClFN2OS/c18-13-6-2-1-4-10(13)9-23-17-15-11(5-3-7-14(15)19)12(8-20)16(22)21-17/h1-8,20H,9H2,(H,21,22). The molecule has 0 fully saturated rings. The Bertz CT molecular complexity index is 901. The summed E-state index contributed by atoms with van der Waals surface area (Å²) in [6, 6.07) is 12.0. The number of rotatable bonds is 4. The summed E-state index contributed by atoms with van der Waals surface area (Å²) >= 11 is 7.43. The van der Waals surface area contributed by atoms with Gasteiger partial charge in [0.05, 0.1) is 10.9 Å². The van der Waals surface area contributed by atoms with E-state index in [1.54, 1.807) is 18.2 Å². The zero-order valence-corrected chi connectivity index (χ0v) is 13.5. The quantitative estimate of drug-likeness (QED) is 0.515. The Labute approximate surface area is 141 Å². The minimum absolute atomic E-state index is 0.210. The monoisotopic (exact) mass is 346 g/mol. The number of aromatic nitrogens is 1. The van der Waals surface area contributed by atoms with Gasteiger partial charge in [-0.1, -0.05) is 41.9 Å². The highest BCUT2D eigenvalue weighted by Gasteiger charge is 2.16. The van der Waals surface area contributed by atoms with Crippen LogP contribution in [0.2, 0.25) is 5.02 Å². The van der Waals surface area contributed by atoms with Crippen molar-refractivity contribution < 1.29 is 9.50 Å². The molecule has 0 bridgehead atoms. The molecule has 3 rings (SSSR count). The average Bonchev–Trinajstić information content (AvgIpc) is 2.54. The fraction of sp³-hybridized carbons (Fsp3) is 0.0588. The smallest absolute Gasteiger partial charge is 0.221 e. The number of hydrogen-bond donors (Lipinski definition) is 2. The summed E-state index contributed by atoms with van der Waals surface area (Å²) in [6.45, 7) is 0. The van der Waals surface area contributed by atoms with Crippen LogP contribution >= 0.6 is 23.4 Å². The summed E-state index contributed by atoms with van der Waals surface area (Å²) in [7, 11) is 0. The molecular weight excluding hydrogens is 335 g/mol. The van der Waals surface area contributed by atoms with E-state index in [1.165, 1.54) is 17.8 Å². The Morgan fingerprint density at radius 3 is 2.74 bits per heavy atom. The van der Waals surface area contributed by atoms with Gasteiger partial charge in [-0.25, -0.2) is 9.37 Å². The van der Waals surface area contributed by atoms with Crippen molar-refractivity contribution in [1.82, 2.24) is 4.98 Å². The van der Waals surface area contributed by atoms with E-state index in [0.717, 1.165) is 11.8 Å². The highest BCUT2D eigenvalue weighted by molar-refractivity contribution is 7.98. The zero-order chi connectivity index (χ0) is 16.4. The first-order chi connectivity index (χ1) is 11.1. The lowest BCUT2D eigenvalue weighted by Gasteiger charge is -2.11. The van der Waals surface area contributed by atoms with E-state index in [1.807, 2.05) is 18.2 Å². The largest absolute Gasteiger partial charge is 0.493 e. The van der Waals surface area contributed by atoms with Crippen molar-refractivity contribution >= 4 is 40.3 Å². The van der Waals surface area contributed by atoms with Gasteiger partial charge in [-0.3, -0.25) is 0 Å². The van der Waals surface area contributed by atoms with Crippen molar-refractivity contribution in [1.29, 1.82) is 5.41 Å². The number of halogens is 2. The molecule has 0 amide bonds. The number of aromatic hydroxyl groups is 1. The SMILES string of the molecule is N=Cc1c(O)nc(SCc2ccccc2Cl)c2c(F)cccc12. The molecule has 116 valence electrons. The van der Waals surface area contributed by atoms with Gasteiger partial charge >= 0.3 is 0 Å². The molecule has 0 saturated carbocycles. The highest BCUT2D eigenvalue weighted by Crippen LogP contribution is 2.35. The molecule has 3 nitrogen and oxygen atoms in total. The number of fused-ring (bicyclic) bond motifs is 1. The van der Waals surface area contributed by atoms with Crippen LogP contribution in [0.25, 0.3) is 10.8 Å². The minimum atomic E-state index is -0.431. The predicted octanol–water partition coefficient (Wildman–Crippen LogP) is 5.02. The molecular formula is C17H12ClFN2OS. The van der Waals surface area contributed by atoms with Crippen LogP contribution in [0.4, 0.5) is 4.39 Å². The number of thioether (sulfide) groups is 1. The maximum absolute atomic E-state index is 14.3. The van der Waals surface area contributed by atoms with Gasteiger partial charge in [-0.15, -0.1) is 11.8 Å². The van der Waals surface area contributed by atoms with Crippen LogP contribution in [0.3, 0.4) is 0 Å². The van der Waals surface area contributed by atoms with Crippen LogP contribution in [-0.2, 0) is 5.75 Å². The second-order valence-electron chi connectivity index (χ2n) is 4.84. The van der Waals surface area contributed by atoms with E-state index < -0.39 is 5.82 Å². The van der Waals surface area contributed by atoms with Gasteiger partial charge in [-0.2, -0.15) is 0 Å². The Morgan fingerprint density at radius 2 is 2.00 bits per heavy atom. The van der Waals surface area contributed by atoms with Crippen molar-refractivity contribution in [3.05, 3.63) is 64.4 Å². The molecule has 0 atom stereocenters. The van der Waals surface area contributed by atoms with Gasteiger partial charge in [-0.05, 0) is 17.7 Å². The third-order valence-corrected chi connectivity index (χ3v) is 4.83. The highest BCUT2D eigenvalue weighted by atomic mass is 35.5. The third kappa shape index (κ3) is 3.02. The lowest BCUT2D eigenvalue weighted by molar-refractivity contribution is 0.449. The van der Waals surface area contributed by atoms with Crippen molar-refractivity contribution in [2.45, 2.75) is 10.8 Å². The number of nitrogens with one attached hydrogen (secondary N) is 1. The second-order valence-corrected chi connectivity index (χ2v) is 6.21. The maximum atomic E-state index is 14.3. The molecule has 1 aromatic heterocycles. The molecule has 0 unspecified atom stereocenters. The molecule has 0 aliphatic rings. The second kappa shape index (κ2) is 6.56. The zero-order valence-electron chi connectivity index (χ0n) is 11.9. The number of benzene rings is 2. The van der Waals surface area contributed by atoms with Gasteiger partial charge in [0.15, 0.2) is 0 Å². The number of nitrogens with zero attached hydrogens (tertiary/aromatic N) is 1. The summed E-state index contributed by atoms with van der Waals surface area (Å²) in [5.41, 5.74) is 1.11. The molecule has 1 heterocycles. The van der Waals surface area contributed by atoms with Gasteiger partial charge in [0.2, 0.25) is 5.88 Å². The van der Waals surface area contributed by atoms with E-state index in [-0.39, 0.29) is 11.4 Å². The lowest BCUT2D eigenvalue weighted by atomic mass is 10.1. The van der Waals surface area contributed by atoms with E-state index in [0.29, 0.717) is 26.6 Å². The van der Waals surface area contributed by atoms with Gasteiger partial charge in [0.1, 0.15) is 10.8 Å². The summed E-state index contributed by atoms with van der Waals surface area (Å²) in [6.07, 6.45) is 0.979. The van der Waals surface area contributed by atoms with Crippen LogP contribution < -0.4 is 0 Å². The normalized spacial score (nSPS) is 10.9. The fourth-order valence-electron chi connectivity index (χ4n) is 2.31. The Hall–Kier alpha value is -2.11. The molecule has 23 heavy (non-hydrogen) atoms. The van der Waals surface area contributed by atoms with Gasteiger partial charge in [0, 0.05) is 22.4 Å². The van der Waals surface area contributed by atoms with Crippen LogP contribution in [0.1, 0.15) is 11.1 Å². The van der Waals surface area contributed by atoms with E-state index in [4.69, 9.17) is 17.0 Å². The van der Waals surface area contributed by atoms with Crippen molar-refractivity contribution in [3.63, 3.8) is 0 Å². The first-order valence-electron chi connectivity index (χ1n) is 6.79. The summed E-state index contributed by atoms with van der Waals surface area (Å²) < 4.78 is 14.3. The molecule has 0 spiro atoms. The summed E-state index contributed by atoms with van der Waals surface area (Å²) in [5, 5.41) is 19.2. The molecule has 0 aliphatic carbocycles. The molecule has 6 heteroatoms. The number of hydrogen-bond acceptors (Lipinski definition) is 4. The third-order valence-electron chi connectivity index (χ3n) is 3.43. The summed E-state index contributed by atoms with van der Waals surface area (Å²) in [4.78, 5) is 4.06. The van der Waals surface area contributed by atoms with Gasteiger partial charge in [0.25, 0.3) is 0 Å². The first kappa shape index (κ1) is 15.8. The lowest BCUT2D eigenvalue weighted by Crippen LogP contribution is -1.95. The first-order valence-corrected chi connectivity index (χ1v) is 8.16. The van der Waals surface area contributed by atoms with E-state index in [9.17, 15) is 9.50 Å². The predicted molar refractivity (Wildman–Crippen MR) is 92.3 cm³/mol. The van der Waals surface area contributed by atoms with Crippen molar-refractivity contribution in [2.75, 3.05) is 0 Å². The van der Waals surface area contributed by atoms with Crippen LogP contribution in [0.5, 0.6) is 5.88 Å². The van der Waals surface area contributed by atoms with Crippen molar-refractivity contribution in [2.24, 2.45) is 0 Å². The van der Waals surface area contributed by atoms with Crippen LogP contribution in [0, 0.1) is 11.2 Å². The number of pyridine rings is 1. The Kier molecular flexibility index (Phi) is 4.50. The van der Waals surface area contributed by atoms with E-state index in [2.05, 4.69) is 4.98 Å². The molecule has 3 aromatic rings. The fourth-order valence-corrected chi connectivity index (χ4v) is 3.64. The maximum Gasteiger partial charge on any atom is 0.221 e. The molecule has 2 N–H and O–H groups in total. The average molecular weight is 347 g/mol. The van der Waals surface area contributed by atoms with Crippen LogP contribution in [-0.4, -0.2) is 16.3 Å². The van der Waals surface area contributed by atoms with Crippen molar-refractivity contribution in [3.8, 4) is 5.88 Å². The topological polar surface area (TPSA) is 57.0 Å². The molecule has 0 radical (unpaired) electrons. The molecule has 2 aromatic carbocycles. The minimum Gasteiger partial charge on any atom is -0.493 e. The van der Waals surface area contributed by atoms with Gasteiger partial charge < -0.3 is 10.5 Å². The Morgan fingerprint density at radius 1 is 1.22 bits per heavy atom. The summed E-state index contributed by atoms with van der Waals surface area (Å²) in [5.74, 6) is -0.209. The molecule has 0 aliphatic heterocycles. The molecule has 0 saturated heterocycles. The Balaban J connectivity index is 2.07.